The lowest BCUT2D eigenvalue weighted by atomic mass is 10.0. The van der Waals surface area contributed by atoms with Gasteiger partial charge in [-0.25, -0.2) is 0 Å². The van der Waals surface area contributed by atoms with Crippen LogP contribution in [0.15, 0.2) is 0 Å². The Labute approximate surface area is 97.6 Å². The molecule has 1 rings (SSSR count). The van der Waals surface area contributed by atoms with Crippen molar-refractivity contribution < 1.29 is 19.4 Å². The summed E-state index contributed by atoms with van der Waals surface area (Å²) in [5, 5.41) is 19.9. The molecule has 1 aromatic rings. The fraction of sp³-hybridized carbons (Fsp3) is 0.667. The monoisotopic (exact) mass is 242 g/mol. The van der Waals surface area contributed by atoms with Gasteiger partial charge in [0.05, 0.1) is 7.05 Å². The zero-order valence-corrected chi connectivity index (χ0v) is 9.66. The molecule has 1 N–H and O–H groups in total. The molecule has 0 fully saturated rings. The van der Waals surface area contributed by atoms with E-state index in [-0.39, 0.29) is 19.6 Å². The molecular weight excluding hydrogens is 228 g/mol. The number of ketones is 1. The van der Waals surface area contributed by atoms with Crippen molar-refractivity contribution in [3.63, 3.8) is 0 Å². The number of carbonyl (C=O) groups excluding carboxylic acids is 1. The van der Waals surface area contributed by atoms with Crippen LogP contribution < -0.4 is 0 Å². The van der Waals surface area contributed by atoms with Gasteiger partial charge in [-0.1, -0.05) is 6.92 Å². The Morgan fingerprint density at radius 3 is 2.71 bits per heavy atom. The molecule has 1 heterocycles. The van der Waals surface area contributed by atoms with Crippen molar-refractivity contribution in [2.75, 3.05) is 6.61 Å². The van der Waals surface area contributed by atoms with Crippen molar-refractivity contribution in [1.82, 2.24) is 20.2 Å². The zero-order chi connectivity index (χ0) is 12.8. The van der Waals surface area contributed by atoms with Gasteiger partial charge in [0, 0.05) is 0 Å². The minimum Gasteiger partial charge on any atom is -0.481 e. The number of carbonyl (C=O) groups is 2. The van der Waals surface area contributed by atoms with Crippen molar-refractivity contribution in [3.05, 3.63) is 5.82 Å². The average Bonchev–Trinajstić information content (AvgIpc) is 2.64. The largest absolute Gasteiger partial charge is 0.481 e. The van der Waals surface area contributed by atoms with Crippen molar-refractivity contribution >= 4 is 11.8 Å². The number of hydrogen-bond donors (Lipinski definition) is 1. The van der Waals surface area contributed by atoms with E-state index in [2.05, 4.69) is 15.4 Å². The van der Waals surface area contributed by atoms with Crippen molar-refractivity contribution in [2.45, 2.75) is 20.0 Å². The number of Topliss-reactive ketones (excluding diaryl/α,β-unsaturated/α-hetero) is 1. The summed E-state index contributed by atoms with van der Waals surface area (Å²) in [5.74, 6) is -2.24. The van der Waals surface area contributed by atoms with Gasteiger partial charge in [-0.2, -0.15) is 4.80 Å². The number of nitrogens with zero attached hydrogens (tertiary/aromatic N) is 4. The second kappa shape index (κ2) is 6.04. The van der Waals surface area contributed by atoms with Crippen molar-refractivity contribution in [1.29, 1.82) is 0 Å². The molecule has 94 valence electrons. The highest BCUT2D eigenvalue weighted by Gasteiger charge is 2.23. The van der Waals surface area contributed by atoms with E-state index in [1.165, 1.54) is 4.80 Å². The maximum absolute atomic E-state index is 11.4. The van der Waals surface area contributed by atoms with Crippen molar-refractivity contribution in [3.8, 4) is 0 Å². The third-order valence-corrected chi connectivity index (χ3v) is 2.12. The molecule has 0 aliphatic carbocycles. The van der Waals surface area contributed by atoms with E-state index in [0.717, 1.165) is 0 Å². The standard InChI is InChI=1S/C9H14N4O4/c1-3-6(9(15)16)7(14)4-17-5-8-10-12-13(2)11-8/h6H,3-5H2,1-2H3,(H,15,16). The number of hydrogen-bond acceptors (Lipinski definition) is 6. The predicted octanol–water partition coefficient (Wildman–Crippen LogP) is -0.593. The SMILES string of the molecule is CCC(C(=O)O)C(=O)COCc1nnn(C)n1. The van der Waals surface area contributed by atoms with Crippen LogP contribution in [0.3, 0.4) is 0 Å². The smallest absolute Gasteiger partial charge is 0.314 e. The zero-order valence-electron chi connectivity index (χ0n) is 9.66. The van der Waals surface area contributed by atoms with Gasteiger partial charge in [0.1, 0.15) is 19.1 Å². The minimum atomic E-state index is -1.13. The van der Waals surface area contributed by atoms with Crippen LogP contribution >= 0.6 is 0 Å². The molecule has 0 saturated heterocycles. The summed E-state index contributed by atoms with van der Waals surface area (Å²) in [6, 6.07) is 0. The van der Waals surface area contributed by atoms with Crippen LogP contribution in [0, 0.1) is 5.92 Å². The van der Waals surface area contributed by atoms with Gasteiger partial charge in [-0.05, 0) is 11.6 Å². The number of aromatic nitrogens is 4. The second-order valence-electron chi connectivity index (χ2n) is 3.45. The maximum Gasteiger partial charge on any atom is 0.314 e. The molecule has 0 amide bonds. The highest BCUT2D eigenvalue weighted by molar-refractivity contribution is 5.98. The van der Waals surface area contributed by atoms with Gasteiger partial charge >= 0.3 is 5.97 Å². The molecule has 0 bridgehead atoms. The number of carboxylic acid groups (broad SMARTS) is 1. The first-order chi connectivity index (χ1) is 8.04. The summed E-state index contributed by atoms with van der Waals surface area (Å²) in [6.07, 6.45) is 0.251. The summed E-state index contributed by atoms with van der Waals surface area (Å²) in [5.41, 5.74) is 0. The number of aliphatic carboxylic acids is 1. The van der Waals surface area contributed by atoms with Gasteiger partial charge in [-0.15, -0.1) is 10.2 Å². The summed E-state index contributed by atoms with van der Waals surface area (Å²) < 4.78 is 5.04. The fourth-order valence-electron chi connectivity index (χ4n) is 1.26. The van der Waals surface area contributed by atoms with Gasteiger partial charge < -0.3 is 9.84 Å². The highest BCUT2D eigenvalue weighted by Crippen LogP contribution is 2.05. The predicted molar refractivity (Wildman–Crippen MR) is 54.9 cm³/mol. The Morgan fingerprint density at radius 2 is 2.24 bits per heavy atom. The Morgan fingerprint density at radius 1 is 1.53 bits per heavy atom. The lowest BCUT2D eigenvalue weighted by Gasteiger charge is -2.07. The number of ether oxygens (including phenoxy) is 1. The molecule has 8 heteroatoms. The minimum absolute atomic E-state index is 0.0373. The molecule has 0 spiro atoms. The van der Waals surface area contributed by atoms with Crippen LogP contribution in [0.25, 0.3) is 0 Å². The van der Waals surface area contributed by atoms with Crippen LogP contribution in [0.1, 0.15) is 19.2 Å². The Balaban J connectivity index is 2.35. The third-order valence-electron chi connectivity index (χ3n) is 2.12. The van der Waals surface area contributed by atoms with Gasteiger partial charge in [0.15, 0.2) is 11.6 Å². The van der Waals surface area contributed by atoms with E-state index in [9.17, 15) is 9.59 Å². The molecule has 0 radical (unpaired) electrons. The molecular formula is C9H14N4O4. The van der Waals surface area contributed by atoms with Crippen LogP contribution in [0.2, 0.25) is 0 Å². The molecule has 17 heavy (non-hydrogen) atoms. The summed E-state index contributed by atoms with van der Waals surface area (Å²) in [6.45, 7) is 1.42. The van der Waals surface area contributed by atoms with Crippen LogP contribution in [0.4, 0.5) is 0 Å². The van der Waals surface area contributed by atoms with Crippen molar-refractivity contribution in [2.24, 2.45) is 13.0 Å². The topological polar surface area (TPSA) is 107 Å². The summed E-state index contributed by atoms with van der Waals surface area (Å²) in [7, 11) is 1.61. The van der Waals surface area contributed by atoms with Gasteiger partial charge in [0.25, 0.3) is 0 Å². The maximum atomic E-state index is 11.4. The van der Waals surface area contributed by atoms with E-state index in [0.29, 0.717) is 5.82 Å². The molecule has 8 nitrogen and oxygen atoms in total. The highest BCUT2D eigenvalue weighted by atomic mass is 16.5. The molecule has 0 aromatic carbocycles. The van der Waals surface area contributed by atoms with Crippen LogP contribution in [-0.2, 0) is 28.0 Å². The summed E-state index contributed by atoms with van der Waals surface area (Å²) in [4.78, 5) is 23.4. The number of carboxylic acids is 1. The first-order valence-electron chi connectivity index (χ1n) is 5.10. The summed E-state index contributed by atoms with van der Waals surface area (Å²) >= 11 is 0. The lowest BCUT2D eigenvalue weighted by molar-refractivity contribution is -0.148. The third kappa shape index (κ3) is 3.91. The fourth-order valence-corrected chi connectivity index (χ4v) is 1.26. The Bertz CT molecular complexity index is 403. The van der Waals surface area contributed by atoms with Gasteiger partial charge in [-0.3, -0.25) is 9.59 Å². The van der Waals surface area contributed by atoms with Gasteiger partial charge in [0.2, 0.25) is 0 Å². The van der Waals surface area contributed by atoms with Crippen LogP contribution in [0.5, 0.6) is 0 Å². The normalized spacial score (nSPS) is 12.4. The lowest BCUT2D eigenvalue weighted by Crippen LogP contribution is -2.26. The van der Waals surface area contributed by atoms with Crippen LogP contribution in [-0.4, -0.2) is 43.7 Å². The van der Waals surface area contributed by atoms with E-state index in [4.69, 9.17) is 9.84 Å². The number of tetrazole rings is 1. The first kappa shape index (κ1) is 13.2. The molecule has 0 aliphatic heterocycles. The number of rotatable bonds is 7. The molecule has 1 atom stereocenters. The number of aryl methyl sites for hydroxylation is 1. The van der Waals surface area contributed by atoms with E-state index < -0.39 is 17.7 Å². The Kier molecular flexibility index (Phi) is 4.70. The molecule has 1 aromatic heterocycles. The van der Waals surface area contributed by atoms with E-state index in [1.54, 1.807) is 14.0 Å². The Hall–Kier alpha value is -1.83. The van der Waals surface area contributed by atoms with E-state index >= 15 is 0 Å². The first-order valence-corrected chi connectivity index (χ1v) is 5.10. The average molecular weight is 242 g/mol. The molecule has 1 unspecified atom stereocenters. The molecule has 0 aliphatic rings. The second-order valence-corrected chi connectivity index (χ2v) is 3.45. The molecule has 0 saturated carbocycles. The quantitative estimate of drug-likeness (QED) is 0.636. The van der Waals surface area contributed by atoms with E-state index in [1.807, 2.05) is 0 Å².